The Morgan fingerprint density at radius 2 is 2.23 bits per heavy atom. The first-order chi connectivity index (χ1) is 10.7. The minimum absolute atomic E-state index is 0.0246. The number of hydrogen-bond donors (Lipinski definition) is 0. The average molecular weight is 304 g/mol. The molecule has 2 saturated heterocycles. The van der Waals surface area contributed by atoms with E-state index in [9.17, 15) is 9.59 Å². The van der Waals surface area contributed by atoms with Crippen LogP contribution in [-0.2, 0) is 9.53 Å². The van der Waals surface area contributed by atoms with Crippen LogP contribution in [0.5, 0.6) is 0 Å². The Morgan fingerprint density at radius 3 is 2.95 bits per heavy atom. The quantitative estimate of drug-likeness (QED) is 0.801. The molecule has 3 heterocycles. The lowest BCUT2D eigenvalue weighted by atomic mass is 9.96. The molecule has 118 valence electrons. The second-order valence-electron chi connectivity index (χ2n) is 5.67. The molecular weight excluding hydrogens is 284 g/mol. The Bertz CT molecular complexity index is 551. The van der Waals surface area contributed by atoms with E-state index < -0.39 is 0 Å². The first-order valence-corrected chi connectivity index (χ1v) is 7.58. The number of carbonyl (C=O) groups excluding carboxylic acids is 2. The normalized spacial score (nSPS) is 24.5. The molecule has 2 aliphatic rings. The fourth-order valence-electron chi connectivity index (χ4n) is 3.46. The minimum atomic E-state index is -0.0246. The van der Waals surface area contributed by atoms with E-state index >= 15 is 0 Å². The Labute approximate surface area is 129 Å². The summed E-state index contributed by atoms with van der Waals surface area (Å²) in [6.07, 6.45) is 5.06. The largest absolute Gasteiger partial charge is 0.383 e. The lowest BCUT2D eigenvalue weighted by Gasteiger charge is -2.39. The monoisotopic (exact) mass is 304 g/mol. The first kappa shape index (κ1) is 14.9. The van der Waals surface area contributed by atoms with Gasteiger partial charge in [0, 0.05) is 26.6 Å². The first-order valence-electron chi connectivity index (χ1n) is 7.58. The number of ether oxygens (including phenoxy) is 1. The maximum atomic E-state index is 12.6. The third kappa shape index (κ3) is 2.68. The van der Waals surface area contributed by atoms with Gasteiger partial charge < -0.3 is 14.5 Å². The van der Waals surface area contributed by atoms with Gasteiger partial charge in [-0.1, -0.05) is 0 Å². The fraction of sp³-hybridized carbons (Fsp3) is 0.600. The molecule has 1 aromatic rings. The predicted molar refractivity (Wildman–Crippen MR) is 78.1 cm³/mol. The zero-order valence-electron chi connectivity index (χ0n) is 12.6. The molecule has 7 nitrogen and oxygen atoms in total. The van der Waals surface area contributed by atoms with Gasteiger partial charge in [0.25, 0.3) is 5.91 Å². The molecule has 2 fully saturated rings. The van der Waals surface area contributed by atoms with Crippen molar-refractivity contribution < 1.29 is 14.3 Å². The predicted octanol–water partition coefficient (Wildman–Crippen LogP) is 0.328. The van der Waals surface area contributed by atoms with Gasteiger partial charge in [-0.2, -0.15) is 10.2 Å². The summed E-state index contributed by atoms with van der Waals surface area (Å²) in [4.78, 5) is 28.5. The molecule has 0 spiro atoms. The topological polar surface area (TPSA) is 75.6 Å². The highest BCUT2D eigenvalue weighted by molar-refractivity contribution is 5.94. The number of nitrogens with zero attached hydrogens (tertiary/aromatic N) is 4. The number of aromatic nitrogens is 2. The highest BCUT2D eigenvalue weighted by Gasteiger charge is 2.44. The zero-order valence-corrected chi connectivity index (χ0v) is 12.6. The summed E-state index contributed by atoms with van der Waals surface area (Å²) < 4.78 is 5.10. The molecule has 0 aromatic carbocycles. The van der Waals surface area contributed by atoms with Crippen LogP contribution in [-0.4, -0.2) is 70.7 Å². The van der Waals surface area contributed by atoms with Crippen LogP contribution in [0.2, 0.25) is 0 Å². The standard InChI is InChI=1S/C15H20N4O3/c1-22-9-8-18-13-5-7-19(12(13)2-3-14(18)20)15(21)11-4-6-16-17-10-11/h4,6,10,12-13H,2-3,5,7-9H2,1H3/t12-,13+/m0/s1. The lowest BCUT2D eigenvalue weighted by Crippen LogP contribution is -2.54. The molecule has 2 aliphatic heterocycles. The molecule has 0 N–H and O–H groups in total. The van der Waals surface area contributed by atoms with Gasteiger partial charge in [-0.3, -0.25) is 9.59 Å². The minimum Gasteiger partial charge on any atom is -0.383 e. The summed E-state index contributed by atoms with van der Waals surface area (Å²) in [6, 6.07) is 1.88. The van der Waals surface area contributed by atoms with Crippen molar-refractivity contribution in [3.05, 3.63) is 24.0 Å². The van der Waals surface area contributed by atoms with Crippen molar-refractivity contribution in [1.29, 1.82) is 0 Å². The van der Waals surface area contributed by atoms with Gasteiger partial charge in [-0.25, -0.2) is 0 Å². The molecular formula is C15H20N4O3. The molecule has 2 atom stereocenters. The van der Waals surface area contributed by atoms with Gasteiger partial charge in [0.1, 0.15) is 0 Å². The molecule has 0 aliphatic carbocycles. The molecule has 7 heteroatoms. The van der Waals surface area contributed by atoms with Crippen molar-refractivity contribution in [2.24, 2.45) is 0 Å². The van der Waals surface area contributed by atoms with Crippen LogP contribution >= 0.6 is 0 Å². The van der Waals surface area contributed by atoms with Crippen LogP contribution in [0.25, 0.3) is 0 Å². The number of amides is 2. The van der Waals surface area contributed by atoms with Crippen LogP contribution < -0.4 is 0 Å². The number of piperidine rings is 1. The van der Waals surface area contributed by atoms with Gasteiger partial charge in [-0.15, -0.1) is 0 Å². The molecule has 0 bridgehead atoms. The fourth-order valence-corrected chi connectivity index (χ4v) is 3.46. The van der Waals surface area contributed by atoms with Gasteiger partial charge in [0.2, 0.25) is 5.91 Å². The van der Waals surface area contributed by atoms with E-state index in [1.54, 1.807) is 13.2 Å². The van der Waals surface area contributed by atoms with Gasteiger partial charge in [-0.05, 0) is 18.9 Å². The maximum absolute atomic E-state index is 12.6. The Balaban J connectivity index is 1.75. The van der Waals surface area contributed by atoms with E-state index in [0.29, 0.717) is 31.7 Å². The molecule has 3 rings (SSSR count). The van der Waals surface area contributed by atoms with E-state index in [-0.39, 0.29) is 23.9 Å². The summed E-state index contributed by atoms with van der Waals surface area (Å²) in [5.74, 6) is 0.140. The lowest BCUT2D eigenvalue weighted by molar-refractivity contribution is -0.138. The summed E-state index contributed by atoms with van der Waals surface area (Å²) >= 11 is 0. The van der Waals surface area contributed by atoms with E-state index in [2.05, 4.69) is 10.2 Å². The third-order valence-electron chi connectivity index (χ3n) is 4.51. The van der Waals surface area contributed by atoms with Crippen molar-refractivity contribution in [3.8, 4) is 0 Å². The van der Waals surface area contributed by atoms with Crippen molar-refractivity contribution in [1.82, 2.24) is 20.0 Å². The van der Waals surface area contributed by atoms with Gasteiger partial charge >= 0.3 is 0 Å². The summed E-state index contributed by atoms with van der Waals surface area (Å²) in [5, 5.41) is 7.47. The van der Waals surface area contributed by atoms with Crippen LogP contribution in [0.1, 0.15) is 29.6 Å². The average Bonchev–Trinajstić information content (AvgIpc) is 2.98. The molecule has 22 heavy (non-hydrogen) atoms. The number of likely N-dealkylation sites (tertiary alicyclic amines) is 2. The summed E-state index contributed by atoms with van der Waals surface area (Å²) in [5.41, 5.74) is 0.552. The number of rotatable bonds is 4. The zero-order chi connectivity index (χ0) is 15.5. The van der Waals surface area contributed by atoms with E-state index in [4.69, 9.17) is 4.74 Å². The summed E-state index contributed by atoms with van der Waals surface area (Å²) in [7, 11) is 1.63. The van der Waals surface area contributed by atoms with Crippen molar-refractivity contribution in [3.63, 3.8) is 0 Å². The molecule has 2 amide bonds. The Morgan fingerprint density at radius 1 is 1.36 bits per heavy atom. The number of hydrogen-bond acceptors (Lipinski definition) is 5. The second kappa shape index (κ2) is 6.39. The molecule has 1 aromatic heterocycles. The van der Waals surface area contributed by atoms with Crippen molar-refractivity contribution in [2.75, 3.05) is 26.8 Å². The number of fused-ring (bicyclic) bond motifs is 1. The highest BCUT2D eigenvalue weighted by Crippen LogP contribution is 2.32. The Hall–Kier alpha value is -2.02. The second-order valence-corrected chi connectivity index (χ2v) is 5.67. The van der Waals surface area contributed by atoms with Crippen LogP contribution in [0.3, 0.4) is 0 Å². The third-order valence-corrected chi connectivity index (χ3v) is 4.51. The van der Waals surface area contributed by atoms with Crippen LogP contribution in [0.15, 0.2) is 18.5 Å². The molecule has 0 unspecified atom stereocenters. The molecule has 0 radical (unpaired) electrons. The van der Waals surface area contributed by atoms with Gasteiger partial charge in [0.15, 0.2) is 0 Å². The van der Waals surface area contributed by atoms with E-state index in [1.807, 2.05) is 9.80 Å². The van der Waals surface area contributed by atoms with Crippen LogP contribution in [0, 0.1) is 0 Å². The number of carbonyl (C=O) groups is 2. The Kier molecular flexibility index (Phi) is 4.33. The maximum Gasteiger partial charge on any atom is 0.255 e. The van der Waals surface area contributed by atoms with E-state index in [0.717, 1.165) is 12.8 Å². The SMILES string of the molecule is COCCN1C(=O)CC[C@H]2[C@H]1CCN2C(=O)c1ccnnc1. The molecule has 0 saturated carbocycles. The summed E-state index contributed by atoms with van der Waals surface area (Å²) in [6.45, 7) is 1.79. The number of methoxy groups -OCH3 is 1. The highest BCUT2D eigenvalue weighted by atomic mass is 16.5. The van der Waals surface area contributed by atoms with E-state index in [1.165, 1.54) is 12.4 Å². The van der Waals surface area contributed by atoms with Crippen LogP contribution in [0.4, 0.5) is 0 Å². The van der Waals surface area contributed by atoms with Crippen molar-refractivity contribution in [2.45, 2.75) is 31.3 Å². The van der Waals surface area contributed by atoms with Gasteiger partial charge in [0.05, 0.1) is 36.6 Å². The smallest absolute Gasteiger partial charge is 0.255 e. The van der Waals surface area contributed by atoms with Crippen molar-refractivity contribution >= 4 is 11.8 Å².